The average Bonchev–Trinajstić information content (AvgIpc) is 3.39. The third kappa shape index (κ3) is 3.94. The first-order chi connectivity index (χ1) is 15.2. The highest BCUT2D eigenvalue weighted by Crippen LogP contribution is 2.39. The van der Waals surface area contributed by atoms with Crippen molar-refractivity contribution in [1.29, 1.82) is 0 Å². The smallest absolute Gasteiger partial charge is 0.209 e. The Bertz CT molecular complexity index is 1410. The van der Waals surface area contributed by atoms with Crippen LogP contribution in [0, 0.1) is 0 Å². The summed E-state index contributed by atoms with van der Waals surface area (Å²) >= 11 is 1.51. The molecule has 0 unspecified atom stereocenters. The number of aromatic nitrogens is 5. The highest BCUT2D eigenvalue weighted by Gasteiger charge is 2.29. The van der Waals surface area contributed by atoms with Crippen LogP contribution in [-0.4, -0.2) is 66.1 Å². The van der Waals surface area contributed by atoms with Crippen molar-refractivity contribution in [1.82, 2.24) is 29.9 Å². The van der Waals surface area contributed by atoms with Crippen molar-refractivity contribution in [3.05, 3.63) is 29.5 Å². The number of ether oxygens (including phenoxy) is 1. The molecule has 168 valence electrons. The summed E-state index contributed by atoms with van der Waals surface area (Å²) in [5.41, 5.74) is 1.57. The van der Waals surface area contributed by atoms with E-state index in [1.807, 2.05) is 19.9 Å². The summed E-state index contributed by atoms with van der Waals surface area (Å²) in [6.07, 6.45) is 6.37. The van der Waals surface area contributed by atoms with Crippen LogP contribution in [-0.2, 0) is 20.3 Å². The summed E-state index contributed by atoms with van der Waals surface area (Å²) in [7, 11) is -3.39. The van der Waals surface area contributed by atoms with Gasteiger partial charge in [-0.2, -0.15) is 5.10 Å². The van der Waals surface area contributed by atoms with E-state index < -0.39 is 15.6 Å². The number of nitrogens with zero attached hydrogens (tertiary/aromatic N) is 5. The molecule has 1 aliphatic heterocycles. The molecule has 0 aliphatic carbocycles. The minimum absolute atomic E-state index is 0.553. The van der Waals surface area contributed by atoms with Crippen molar-refractivity contribution >= 4 is 48.3 Å². The Kier molecular flexibility index (Phi) is 5.12. The molecular formula is C20H23N7O3S2. The van der Waals surface area contributed by atoms with Gasteiger partial charge in [0.2, 0.25) is 10.0 Å². The highest BCUT2D eigenvalue weighted by molar-refractivity contribution is 7.88. The van der Waals surface area contributed by atoms with Gasteiger partial charge < -0.3 is 9.64 Å². The summed E-state index contributed by atoms with van der Waals surface area (Å²) in [6.45, 7) is 6.38. The van der Waals surface area contributed by atoms with Crippen molar-refractivity contribution in [3.8, 4) is 11.4 Å². The minimum atomic E-state index is -3.39. The van der Waals surface area contributed by atoms with E-state index in [-0.39, 0.29) is 0 Å². The molecule has 5 rings (SSSR count). The van der Waals surface area contributed by atoms with E-state index >= 15 is 0 Å². The second kappa shape index (κ2) is 7.73. The molecule has 1 fully saturated rings. The summed E-state index contributed by atoms with van der Waals surface area (Å²) in [6, 6.07) is 1.94. The molecule has 5 heterocycles. The molecule has 4 aromatic heterocycles. The second-order valence-electron chi connectivity index (χ2n) is 8.31. The lowest BCUT2D eigenvalue weighted by Gasteiger charge is -2.28. The van der Waals surface area contributed by atoms with Gasteiger partial charge in [0.15, 0.2) is 11.6 Å². The molecule has 10 nitrogen and oxygen atoms in total. The van der Waals surface area contributed by atoms with Crippen LogP contribution in [0.4, 0.5) is 5.82 Å². The number of aromatic amines is 1. The van der Waals surface area contributed by atoms with Gasteiger partial charge in [-0.25, -0.2) is 23.1 Å². The van der Waals surface area contributed by atoms with E-state index in [2.05, 4.69) is 24.8 Å². The molecular weight excluding hydrogens is 450 g/mol. The molecule has 1 saturated heterocycles. The minimum Gasteiger partial charge on any atom is -0.378 e. The normalized spacial score (nSPS) is 15.7. The van der Waals surface area contributed by atoms with Crippen molar-refractivity contribution in [2.75, 3.05) is 37.5 Å². The number of sulfonamides is 1. The summed E-state index contributed by atoms with van der Waals surface area (Å²) in [5, 5.41) is 7.94. The van der Waals surface area contributed by atoms with Gasteiger partial charge in [-0.3, -0.25) is 10.1 Å². The molecule has 2 N–H and O–H groups in total. The van der Waals surface area contributed by atoms with Gasteiger partial charge in [0.05, 0.1) is 53.1 Å². The van der Waals surface area contributed by atoms with Crippen LogP contribution in [0.1, 0.15) is 18.7 Å². The zero-order valence-corrected chi connectivity index (χ0v) is 19.5. The molecule has 0 spiro atoms. The highest BCUT2D eigenvalue weighted by atomic mass is 32.2. The maximum absolute atomic E-state index is 11.9. The number of fused-ring (bicyclic) bond motifs is 2. The zero-order chi connectivity index (χ0) is 22.5. The monoisotopic (exact) mass is 473 g/mol. The quantitative estimate of drug-likeness (QED) is 0.452. The molecule has 0 atom stereocenters. The van der Waals surface area contributed by atoms with Crippen LogP contribution in [0.2, 0.25) is 0 Å². The molecule has 0 aromatic carbocycles. The number of morpholine rings is 1. The maximum atomic E-state index is 11.9. The number of anilines is 1. The largest absolute Gasteiger partial charge is 0.378 e. The number of hydrogen-bond acceptors (Lipinski definition) is 9. The van der Waals surface area contributed by atoms with E-state index in [1.165, 1.54) is 11.3 Å². The molecule has 4 aromatic rings. The predicted molar refractivity (Wildman–Crippen MR) is 124 cm³/mol. The summed E-state index contributed by atoms with van der Waals surface area (Å²) in [4.78, 5) is 17.1. The third-order valence-corrected chi connectivity index (χ3v) is 7.65. The Labute approximate surface area is 189 Å². The third-order valence-electron chi connectivity index (χ3n) is 5.33. The van der Waals surface area contributed by atoms with Gasteiger partial charge in [0.1, 0.15) is 0 Å². The Morgan fingerprint density at radius 3 is 2.72 bits per heavy atom. The van der Waals surface area contributed by atoms with Gasteiger partial charge in [0.25, 0.3) is 0 Å². The van der Waals surface area contributed by atoms with Gasteiger partial charge in [-0.15, -0.1) is 11.3 Å². The summed E-state index contributed by atoms with van der Waals surface area (Å²) < 4.78 is 33.0. The Morgan fingerprint density at radius 1 is 1.19 bits per heavy atom. The van der Waals surface area contributed by atoms with Crippen molar-refractivity contribution < 1.29 is 13.2 Å². The lowest BCUT2D eigenvalue weighted by Crippen LogP contribution is -2.39. The SMILES string of the molecule is CC(C)(NS(C)(=O)=O)c1cc2nc(-c3cncc4[nH]ncc34)nc(N3CCOCC3)c2s1. The number of H-pyrrole nitrogens is 1. The molecule has 0 bridgehead atoms. The Hall–Kier alpha value is -2.67. The van der Waals surface area contributed by atoms with Crippen LogP contribution >= 0.6 is 11.3 Å². The molecule has 0 amide bonds. The van der Waals surface area contributed by atoms with E-state index in [4.69, 9.17) is 14.7 Å². The number of hydrogen-bond donors (Lipinski definition) is 2. The van der Waals surface area contributed by atoms with E-state index in [9.17, 15) is 8.42 Å². The fourth-order valence-corrected chi connectivity index (χ4v) is 6.16. The second-order valence-corrected chi connectivity index (χ2v) is 11.1. The van der Waals surface area contributed by atoms with Crippen LogP contribution in [0.5, 0.6) is 0 Å². The fraction of sp³-hybridized carbons (Fsp3) is 0.400. The number of thiophene rings is 1. The van der Waals surface area contributed by atoms with Crippen molar-refractivity contribution in [2.24, 2.45) is 0 Å². The lowest BCUT2D eigenvalue weighted by atomic mass is 10.1. The van der Waals surface area contributed by atoms with Gasteiger partial charge >= 0.3 is 0 Å². The maximum Gasteiger partial charge on any atom is 0.209 e. The van der Waals surface area contributed by atoms with Gasteiger partial charge in [-0.1, -0.05) is 0 Å². The topological polar surface area (TPSA) is 126 Å². The fourth-order valence-electron chi connectivity index (χ4n) is 3.89. The first kappa shape index (κ1) is 21.2. The number of rotatable bonds is 5. The average molecular weight is 474 g/mol. The lowest BCUT2D eigenvalue weighted by molar-refractivity contribution is 0.122. The molecule has 12 heteroatoms. The standard InChI is InChI=1S/C20H23N7O3S2/c1-20(2,26-32(3,28)29)16-8-14-17(31-16)19(27-4-6-30-7-5-27)24-18(23-14)13-9-21-11-15-12(13)10-22-25-15/h8-11,26H,4-7H2,1-3H3,(H,22,25). The van der Waals surface area contributed by atoms with Crippen LogP contribution < -0.4 is 9.62 Å². The van der Waals surface area contributed by atoms with E-state index in [1.54, 1.807) is 18.6 Å². The molecule has 1 aliphatic rings. The molecule has 0 saturated carbocycles. The van der Waals surface area contributed by atoms with E-state index in [0.717, 1.165) is 56.7 Å². The van der Waals surface area contributed by atoms with Gasteiger partial charge in [-0.05, 0) is 19.9 Å². The predicted octanol–water partition coefficient (Wildman–Crippen LogP) is 2.25. The Morgan fingerprint density at radius 2 is 1.97 bits per heavy atom. The first-order valence-electron chi connectivity index (χ1n) is 10.1. The van der Waals surface area contributed by atoms with Crippen LogP contribution in [0.3, 0.4) is 0 Å². The molecule has 32 heavy (non-hydrogen) atoms. The number of nitrogens with one attached hydrogen (secondary N) is 2. The van der Waals surface area contributed by atoms with Crippen molar-refractivity contribution in [3.63, 3.8) is 0 Å². The first-order valence-corrected chi connectivity index (χ1v) is 12.8. The van der Waals surface area contributed by atoms with E-state index in [0.29, 0.717) is 19.0 Å². The van der Waals surface area contributed by atoms with Gasteiger partial charge in [0, 0.05) is 35.1 Å². The zero-order valence-electron chi connectivity index (χ0n) is 17.9. The summed E-state index contributed by atoms with van der Waals surface area (Å²) in [5.74, 6) is 1.37. The number of pyridine rings is 1. The van der Waals surface area contributed by atoms with Crippen LogP contribution in [0.15, 0.2) is 24.7 Å². The van der Waals surface area contributed by atoms with Crippen LogP contribution in [0.25, 0.3) is 32.5 Å². The Balaban J connectivity index is 1.71. The van der Waals surface area contributed by atoms with Crippen molar-refractivity contribution in [2.45, 2.75) is 19.4 Å². The molecule has 0 radical (unpaired) electrons.